The van der Waals surface area contributed by atoms with Crippen LogP contribution in [-0.2, 0) is 0 Å². The summed E-state index contributed by atoms with van der Waals surface area (Å²) < 4.78 is 0. The van der Waals surface area contributed by atoms with Crippen LogP contribution in [0.25, 0.3) is 0 Å². The van der Waals surface area contributed by atoms with Crippen molar-refractivity contribution in [1.82, 2.24) is 4.90 Å². The minimum atomic E-state index is 0.342. The number of nitrogens with two attached hydrogens (primary N) is 1. The number of hydrogen-bond acceptors (Lipinski definition) is 2. The number of nitrogens with zero attached hydrogens (tertiary/aromatic N) is 1. The van der Waals surface area contributed by atoms with Crippen molar-refractivity contribution in [3.63, 3.8) is 0 Å². The minimum absolute atomic E-state index is 0.342. The Morgan fingerprint density at radius 3 is 2.17 bits per heavy atom. The van der Waals surface area contributed by atoms with Gasteiger partial charge < -0.3 is 5.73 Å². The molecule has 106 valence electrons. The second-order valence-electron chi connectivity index (χ2n) is 6.89. The summed E-state index contributed by atoms with van der Waals surface area (Å²) in [5.41, 5.74) is 6.57. The molecule has 2 heteroatoms. The van der Waals surface area contributed by atoms with Crippen LogP contribution in [-0.4, -0.2) is 30.1 Å². The van der Waals surface area contributed by atoms with E-state index in [0.29, 0.717) is 5.54 Å². The number of rotatable bonds is 2. The Hall–Kier alpha value is -0.0800. The Balaban J connectivity index is 2.04. The van der Waals surface area contributed by atoms with Crippen LogP contribution in [0.2, 0.25) is 0 Å². The van der Waals surface area contributed by atoms with Gasteiger partial charge in [0.2, 0.25) is 0 Å². The predicted octanol–water partition coefficient (Wildman–Crippen LogP) is 3.41. The monoisotopic (exact) mass is 252 g/mol. The molecular weight excluding hydrogens is 220 g/mol. The van der Waals surface area contributed by atoms with Crippen LogP contribution >= 0.6 is 0 Å². The fourth-order valence-electron chi connectivity index (χ4n) is 3.91. The lowest BCUT2D eigenvalue weighted by Gasteiger charge is -2.49. The molecule has 0 radical (unpaired) electrons. The standard InChI is InChI=1S/C16H32N2/c1-14-8-11-18(12-15(14)2)16(13-17)9-6-4-3-5-7-10-16/h14-15H,3-13,17H2,1-2H3. The van der Waals surface area contributed by atoms with Crippen LogP contribution in [0.15, 0.2) is 0 Å². The van der Waals surface area contributed by atoms with Gasteiger partial charge in [-0.2, -0.15) is 0 Å². The average molecular weight is 252 g/mol. The first-order chi connectivity index (χ1) is 8.68. The van der Waals surface area contributed by atoms with E-state index in [1.54, 1.807) is 0 Å². The van der Waals surface area contributed by atoms with Crippen molar-refractivity contribution >= 4 is 0 Å². The molecule has 2 nitrogen and oxygen atoms in total. The van der Waals surface area contributed by atoms with Gasteiger partial charge >= 0.3 is 0 Å². The number of hydrogen-bond donors (Lipinski definition) is 1. The molecule has 0 bridgehead atoms. The molecule has 2 aliphatic rings. The maximum Gasteiger partial charge on any atom is 0.0331 e. The lowest BCUT2D eigenvalue weighted by atomic mass is 9.79. The molecule has 0 aromatic rings. The van der Waals surface area contributed by atoms with E-state index in [0.717, 1.165) is 18.4 Å². The molecule has 2 N–H and O–H groups in total. The fourth-order valence-corrected chi connectivity index (χ4v) is 3.91. The van der Waals surface area contributed by atoms with Gasteiger partial charge in [-0.25, -0.2) is 0 Å². The van der Waals surface area contributed by atoms with Gasteiger partial charge in [-0.3, -0.25) is 4.90 Å². The molecule has 0 spiro atoms. The third kappa shape index (κ3) is 3.08. The first kappa shape index (κ1) is 14.3. The van der Waals surface area contributed by atoms with E-state index in [4.69, 9.17) is 5.73 Å². The topological polar surface area (TPSA) is 29.3 Å². The van der Waals surface area contributed by atoms with E-state index in [1.807, 2.05) is 0 Å². The normalized spacial score (nSPS) is 34.8. The summed E-state index contributed by atoms with van der Waals surface area (Å²) in [5.74, 6) is 1.73. The van der Waals surface area contributed by atoms with Crippen molar-refractivity contribution < 1.29 is 0 Å². The quantitative estimate of drug-likeness (QED) is 0.816. The third-order valence-electron chi connectivity index (χ3n) is 5.67. The highest BCUT2D eigenvalue weighted by Gasteiger charge is 2.38. The summed E-state index contributed by atoms with van der Waals surface area (Å²) in [7, 11) is 0. The summed E-state index contributed by atoms with van der Waals surface area (Å²) in [6.45, 7) is 8.26. The van der Waals surface area contributed by atoms with Crippen LogP contribution in [0.4, 0.5) is 0 Å². The van der Waals surface area contributed by atoms with E-state index in [2.05, 4.69) is 18.7 Å². The van der Waals surface area contributed by atoms with Crippen LogP contribution in [0.3, 0.4) is 0 Å². The number of likely N-dealkylation sites (tertiary alicyclic amines) is 1. The predicted molar refractivity (Wildman–Crippen MR) is 78.6 cm³/mol. The molecule has 0 amide bonds. The van der Waals surface area contributed by atoms with Gasteiger partial charge in [0.05, 0.1) is 0 Å². The largest absolute Gasteiger partial charge is 0.329 e. The smallest absolute Gasteiger partial charge is 0.0331 e. The summed E-state index contributed by atoms with van der Waals surface area (Å²) in [6.07, 6.45) is 11.1. The molecule has 2 unspecified atom stereocenters. The van der Waals surface area contributed by atoms with Crippen molar-refractivity contribution in [2.45, 2.75) is 70.8 Å². The molecule has 1 heterocycles. The zero-order valence-corrected chi connectivity index (χ0v) is 12.5. The molecular formula is C16H32N2. The molecule has 1 saturated heterocycles. The molecule has 2 atom stereocenters. The fraction of sp³-hybridized carbons (Fsp3) is 1.00. The van der Waals surface area contributed by atoms with E-state index in [1.165, 1.54) is 64.5 Å². The highest BCUT2D eigenvalue weighted by Crippen LogP contribution is 2.35. The molecule has 1 aliphatic heterocycles. The van der Waals surface area contributed by atoms with Gasteiger partial charge in [-0.05, 0) is 37.6 Å². The Labute approximate surface area is 113 Å². The van der Waals surface area contributed by atoms with E-state index in [-0.39, 0.29) is 0 Å². The molecule has 1 aliphatic carbocycles. The Kier molecular flexibility index (Phi) is 5.08. The van der Waals surface area contributed by atoms with Crippen molar-refractivity contribution in [2.24, 2.45) is 17.6 Å². The lowest BCUT2D eigenvalue weighted by Crippen LogP contribution is -2.58. The molecule has 2 fully saturated rings. The second kappa shape index (κ2) is 6.38. The highest BCUT2D eigenvalue weighted by molar-refractivity contribution is 4.95. The molecule has 2 rings (SSSR count). The molecule has 1 saturated carbocycles. The number of piperidine rings is 1. The van der Waals surface area contributed by atoms with Crippen molar-refractivity contribution in [2.75, 3.05) is 19.6 Å². The lowest BCUT2D eigenvalue weighted by molar-refractivity contribution is 0.0138. The Bertz CT molecular complexity index is 243. The summed E-state index contributed by atoms with van der Waals surface area (Å²) in [5, 5.41) is 0. The highest BCUT2D eigenvalue weighted by atomic mass is 15.2. The van der Waals surface area contributed by atoms with Crippen molar-refractivity contribution in [3.05, 3.63) is 0 Å². The van der Waals surface area contributed by atoms with Gasteiger partial charge in [0.15, 0.2) is 0 Å². The zero-order valence-electron chi connectivity index (χ0n) is 12.5. The molecule has 18 heavy (non-hydrogen) atoms. The van der Waals surface area contributed by atoms with Gasteiger partial charge in [0.1, 0.15) is 0 Å². The summed E-state index contributed by atoms with van der Waals surface area (Å²) in [6, 6.07) is 0. The van der Waals surface area contributed by atoms with Gasteiger partial charge in [-0.1, -0.05) is 46.0 Å². The van der Waals surface area contributed by atoms with Crippen LogP contribution in [0, 0.1) is 11.8 Å². The van der Waals surface area contributed by atoms with E-state index >= 15 is 0 Å². The Morgan fingerprint density at radius 1 is 1.00 bits per heavy atom. The molecule has 0 aromatic heterocycles. The van der Waals surface area contributed by atoms with Crippen LogP contribution < -0.4 is 5.73 Å². The molecule has 0 aromatic carbocycles. The van der Waals surface area contributed by atoms with E-state index in [9.17, 15) is 0 Å². The SMILES string of the molecule is CC1CCN(C2(CN)CCCCCCC2)CC1C. The maximum absolute atomic E-state index is 6.23. The first-order valence-electron chi connectivity index (χ1n) is 8.13. The summed E-state index contributed by atoms with van der Waals surface area (Å²) >= 11 is 0. The first-order valence-corrected chi connectivity index (χ1v) is 8.13. The minimum Gasteiger partial charge on any atom is -0.329 e. The Morgan fingerprint density at radius 2 is 1.61 bits per heavy atom. The van der Waals surface area contributed by atoms with E-state index < -0.39 is 0 Å². The third-order valence-corrected chi connectivity index (χ3v) is 5.67. The average Bonchev–Trinajstić information content (AvgIpc) is 2.34. The second-order valence-corrected chi connectivity index (χ2v) is 6.89. The maximum atomic E-state index is 6.23. The van der Waals surface area contributed by atoms with Crippen molar-refractivity contribution in [1.29, 1.82) is 0 Å². The van der Waals surface area contributed by atoms with Crippen LogP contribution in [0.5, 0.6) is 0 Å². The zero-order chi connectivity index (χ0) is 13.0. The van der Waals surface area contributed by atoms with Gasteiger partial charge in [-0.15, -0.1) is 0 Å². The van der Waals surface area contributed by atoms with Crippen molar-refractivity contribution in [3.8, 4) is 0 Å². The summed E-state index contributed by atoms with van der Waals surface area (Å²) in [4.78, 5) is 2.77. The van der Waals surface area contributed by atoms with Crippen LogP contribution in [0.1, 0.15) is 65.2 Å². The van der Waals surface area contributed by atoms with Gasteiger partial charge in [0, 0.05) is 18.6 Å². The van der Waals surface area contributed by atoms with Gasteiger partial charge in [0.25, 0.3) is 0 Å².